The lowest BCUT2D eigenvalue weighted by molar-refractivity contribution is -0.119. The minimum absolute atomic E-state index is 0.0506. The van der Waals surface area contributed by atoms with Crippen LogP contribution >= 0.6 is 0 Å². The second-order valence-electron chi connectivity index (χ2n) is 9.00. The number of anilines is 1. The van der Waals surface area contributed by atoms with E-state index in [0.717, 1.165) is 25.7 Å². The van der Waals surface area contributed by atoms with Crippen LogP contribution < -0.4 is 10.6 Å². The van der Waals surface area contributed by atoms with Gasteiger partial charge in [-0.05, 0) is 70.3 Å². The van der Waals surface area contributed by atoms with Crippen LogP contribution in [-0.2, 0) is 4.79 Å². The summed E-state index contributed by atoms with van der Waals surface area (Å²) in [6, 6.07) is 0.938. The van der Waals surface area contributed by atoms with Gasteiger partial charge in [0.2, 0.25) is 5.91 Å². The summed E-state index contributed by atoms with van der Waals surface area (Å²) in [6.07, 6.45) is 14.8. The number of nitrogens with zero attached hydrogens (tertiary/aromatic N) is 4. The Bertz CT molecular complexity index is 980. The second kappa shape index (κ2) is 8.58. The molecule has 0 spiro atoms. The van der Waals surface area contributed by atoms with Crippen molar-refractivity contribution in [3.8, 4) is 12.3 Å². The first-order chi connectivity index (χ1) is 14.9. The van der Waals surface area contributed by atoms with Gasteiger partial charge in [0.05, 0.1) is 11.9 Å². The maximum Gasteiger partial charge on any atom is 0.270 e. The van der Waals surface area contributed by atoms with Crippen molar-refractivity contribution in [2.45, 2.75) is 64.6 Å². The Hall–Kier alpha value is -3.08. The van der Waals surface area contributed by atoms with Gasteiger partial charge >= 0.3 is 0 Å². The number of carbonyl (C=O) groups is 2. The molecule has 2 amide bonds. The Morgan fingerprint density at radius 3 is 2.42 bits per heavy atom. The molecule has 0 saturated heterocycles. The van der Waals surface area contributed by atoms with Crippen LogP contribution in [0.4, 0.5) is 5.69 Å². The molecule has 8 nitrogen and oxygen atoms in total. The van der Waals surface area contributed by atoms with E-state index in [2.05, 4.69) is 26.8 Å². The van der Waals surface area contributed by atoms with Crippen molar-refractivity contribution in [1.82, 2.24) is 24.9 Å². The zero-order valence-corrected chi connectivity index (χ0v) is 18.3. The molecule has 2 N–H and O–H groups in total. The van der Waals surface area contributed by atoms with E-state index in [4.69, 9.17) is 6.42 Å². The van der Waals surface area contributed by atoms with Gasteiger partial charge in [0.15, 0.2) is 0 Å². The second-order valence-corrected chi connectivity index (χ2v) is 9.00. The maximum atomic E-state index is 13.4. The molecule has 2 heterocycles. The molecule has 4 rings (SSSR count). The van der Waals surface area contributed by atoms with E-state index in [0.29, 0.717) is 23.2 Å². The number of carbonyl (C=O) groups excluding carboxylic acids is 2. The minimum Gasteiger partial charge on any atom is -0.339 e. The monoisotopic (exact) mass is 422 g/mol. The Balaban J connectivity index is 1.55. The molecular weight excluding hydrogens is 392 g/mol. The number of nitrogens with one attached hydrogen (secondary N) is 2. The molecule has 0 aromatic carbocycles. The molecule has 2 atom stereocenters. The third kappa shape index (κ3) is 4.66. The van der Waals surface area contributed by atoms with Gasteiger partial charge in [0, 0.05) is 18.4 Å². The number of rotatable bonds is 9. The van der Waals surface area contributed by atoms with E-state index < -0.39 is 6.04 Å². The minimum atomic E-state index is -0.601. The lowest BCUT2D eigenvalue weighted by atomic mass is 9.88. The molecule has 2 aliphatic carbocycles. The number of hydrogen-bond acceptors (Lipinski definition) is 4. The molecule has 2 aliphatic rings. The highest BCUT2D eigenvalue weighted by molar-refractivity contribution is 6.00. The van der Waals surface area contributed by atoms with E-state index >= 15 is 0 Å². The SMILES string of the molecule is C#CC(C)n1cc(NC(=O)[C@@H](NC(=O)c2ccnn2C(C)C)C(C2CC2)C2CC2)cn1. The van der Waals surface area contributed by atoms with Gasteiger partial charge in [-0.3, -0.25) is 19.0 Å². The molecule has 164 valence electrons. The molecule has 0 aliphatic heterocycles. The zero-order valence-electron chi connectivity index (χ0n) is 18.3. The van der Waals surface area contributed by atoms with E-state index in [1.54, 1.807) is 34.0 Å². The zero-order chi connectivity index (χ0) is 22.1. The van der Waals surface area contributed by atoms with Crippen molar-refractivity contribution in [2.24, 2.45) is 17.8 Å². The molecular formula is C23H30N6O2. The lowest BCUT2D eigenvalue weighted by Gasteiger charge is -2.27. The van der Waals surface area contributed by atoms with Gasteiger partial charge in [-0.2, -0.15) is 10.2 Å². The van der Waals surface area contributed by atoms with Crippen LogP contribution in [0.15, 0.2) is 24.7 Å². The normalized spacial score (nSPS) is 17.9. The highest BCUT2D eigenvalue weighted by Crippen LogP contribution is 2.50. The summed E-state index contributed by atoms with van der Waals surface area (Å²) in [4.78, 5) is 26.5. The largest absolute Gasteiger partial charge is 0.339 e. The molecule has 1 unspecified atom stereocenters. The van der Waals surface area contributed by atoms with E-state index in [1.165, 1.54) is 0 Å². The van der Waals surface area contributed by atoms with Gasteiger partial charge in [-0.15, -0.1) is 6.42 Å². The predicted octanol–water partition coefficient (Wildman–Crippen LogP) is 3.03. The lowest BCUT2D eigenvalue weighted by Crippen LogP contribution is -2.50. The summed E-state index contributed by atoms with van der Waals surface area (Å²) in [5.74, 6) is 3.27. The number of hydrogen-bond donors (Lipinski definition) is 2. The third-order valence-electron chi connectivity index (χ3n) is 6.19. The summed E-state index contributed by atoms with van der Waals surface area (Å²) in [5.41, 5.74) is 1.04. The van der Waals surface area contributed by atoms with Crippen molar-refractivity contribution in [1.29, 1.82) is 0 Å². The van der Waals surface area contributed by atoms with Gasteiger partial charge in [0.25, 0.3) is 5.91 Å². The number of amides is 2. The molecule has 8 heteroatoms. The maximum absolute atomic E-state index is 13.4. The van der Waals surface area contributed by atoms with Gasteiger partial charge < -0.3 is 10.6 Å². The van der Waals surface area contributed by atoms with Crippen LogP contribution in [0.2, 0.25) is 0 Å². The van der Waals surface area contributed by atoms with Crippen LogP contribution in [-0.4, -0.2) is 37.4 Å². The van der Waals surface area contributed by atoms with Crippen molar-refractivity contribution < 1.29 is 9.59 Å². The number of aromatic nitrogens is 4. The quantitative estimate of drug-likeness (QED) is 0.608. The van der Waals surface area contributed by atoms with E-state index in [-0.39, 0.29) is 29.8 Å². The highest BCUT2D eigenvalue weighted by Gasteiger charge is 2.48. The van der Waals surface area contributed by atoms with Gasteiger partial charge in [-0.25, -0.2) is 0 Å². The Morgan fingerprint density at radius 1 is 1.16 bits per heavy atom. The smallest absolute Gasteiger partial charge is 0.270 e. The van der Waals surface area contributed by atoms with Crippen LogP contribution in [0.25, 0.3) is 0 Å². The van der Waals surface area contributed by atoms with Crippen molar-refractivity contribution in [3.05, 3.63) is 30.4 Å². The van der Waals surface area contributed by atoms with E-state index in [1.807, 2.05) is 20.8 Å². The molecule has 2 fully saturated rings. The topological polar surface area (TPSA) is 93.8 Å². The van der Waals surface area contributed by atoms with Gasteiger partial charge in [0.1, 0.15) is 17.8 Å². The fourth-order valence-corrected chi connectivity index (χ4v) is 4.26. The fraction of sp³-hybridized carbons (Fsp3) is 0.565. The molecule has 2 aromatic rings. The summed E-state index contributed by atoms with van der Waals surface area (Å²) in [6.45, 7) is 5.80. The summed E-state index contributed by atoms with van der Waals surface area (Å²) >= 11 is 0. The van der Waals surface area contributed by atoms with Crippen molar-refractivity contribution in [3.63, 3.8) is 0 Å². The predicted molar refractivity (Wildman–Crippen MR) is 117 cm³/mol. The molecule has 0 radical (unpaired) electrons. The first kappa shape index (κ1) is 21.2. The van der Waals surface area contributed by atoms with Crippen molar-refractivity contribution >= 4 is 17.5 Å². The average Bonchev–Trinajstić information content (AvgIpc) is 3.66. The Morgan fingerprint density at radius 2 is 1.84 bits per heavy atom. The summed E-state index contributed by atoms with van der Waals surface area (Å²) in [5, 5.41) is 14.5. The van der Waals surface area contributed by atoms with Crippen molar-refractivity contribution in [2.75, 3.05) is 5.32 Å². The first-order valence-corrected chi connectivity index (χ1v) is 11.0. The van der Waals surface area contributed by atoms with Crippen LogP contribution in [0.1, 0.15) is 69.0 Å². The molecule has 0 bridgehead atoms. The Labute approximate surface area is 182 Å². The van der Waals surface area contributed by atoms with Crippen LogP contribution in [0.5, 0.6) is 0 Å². The average molecular weight is 423 g/mol. The Kier molecular flexibility index (Phi) is 5.86. The van der Waals surface area contributed by atoms with Gasteiger partial charge in [-0.1, -0.05) is 5.92 Å². The molecule has 2 aromatic heterocycles. The summed E-state index contributed by atoms with van der Waals surface area (Å²) in [7, 11) is 0. The molecule has 31 heavy (non-hydrogen) atoms. The standard InChI is InChI=1S/C23H30N6O2/c1-5-15(4)28-13-18(12-25-28)26-23(31)21(20(16-6-7-16)17-8-9-17)27-22(30)19-10-11-24-29(19)14(2)3/h1,10-17,20-21H,6-9H2,2-4H3,(H,26,31)(H,27,30)/t15?,21-/m0/s1. The van der Waals surface area contributed by atoms with E-state index in [9.17, 15) is 9.59 Å². The first-order valence-electron chi connectivity index (χ1n) is 11.0. The highest BCUT2D eigenvalue weighted by atomic mass is 16.2. The summed E-state index contributed by atoms with van der Waals surface area (Å²) < 4.78 is 3.31. The van der Waals surface area contributed by atoms with Crippen LogP contribution in [0, 0.1) is 30.1 Å². The fourth-order valence-electron chi connectivity index (χ4n) is 4.26. The third-order valence-corrected chi connectivity index (χ3v) is 6.19. The number of terminal acetylenes is 1. The van der Waals surface area contributed by atoms with Crippen LogP contribution in [0.3, 0.4) is 0 Å². The molecule has 2 saturated carbocycles.